The average molecular weight is 512 g/mol. The number of hydrogen-bond donors (Lipinski definition) is 1. The van der Waals surface area contributed by atoms with Crippen molar-refractivity contribution < 1.29 is 18.8 Å². The lowest BCUT2D eigenvalue weighted by atomic mass is 9.76. The number of fused-ring (bicyclic) bond motifs is 2. The molecule has 5 rings (SSSR count). The second-order valence-corrected chi connectivity index (χ2v) is 12.1. The van der Waals surface area contributed by atoms with Crippen LogP contribution in [0.3, 0.4) is 0 Å². The van der Waals surface area contributed by atoms with Crippen molar-refractivity contribution in [2.75, 3.05) is 26.7 Å². The largest absolute Gasteiger partial charge is 0.480 e. The van der Waals surface area contributed by atoms with Crippen LogP contribution in [0.25, 0.3) is 0 Å². The van der Waals surface area contributed by atoms with Crippen molar-refractivity contribution in [3.8, 4) is 0 Å². The monoisotopic (exact) mass is 511 g/mol. The maximum atomic E-state index is 14.2. The first-order valence-electron chi connectivity index (χ1n) is 14.1. The Bertz CT molecular complexity index is 1110. The van der Waals surface area contributed by atoms with E-state index >= 15 is 0 Å². The first kappa shape index (κ1) is 26.4. The van der Waals surface area contributed by atoms with E-state index < -0.39 is 12.0 Å². The fourth-order valence-corrected chi connectivity index (χ4v) is 7.68. The third-order valence-electron chi connectivity index (χ3n) is 9.69. The van der Waals surface area contributed by atoms with Gasteiger partial charge in [0.15, 0.2) is 0 Å². The van der Waals surface area contributed by atoms with Crippen LogP contribution >= 0.6 is 0 Å². The molecular weight excluding hydrogens is 469 g/mol. The molecule has 0 amide bonds. The third-order valence-corrected chi connectivity index (χ3v) is 9.69. The molecule has 1 saturated carbocycles. The van der Waals surface area contributed by atoms with Crippen molar-refractivity contribution in [2.45, 2.75) is 89.1 Å². The van der Waals surface area contributed by atoms with Gasteiger partial charge in [0.05, 0.1) is 5.69 Å². The molecule has 0 unspecified atom stereocenters. The van der Waals surface area contributed by atoms with Crippen LogP contribution in [0.1, 0.15) is 81.4 Å². The van der Waals surface area contributed by atoms with Crippen molar-refractivity contribution >= 4 is 5.97 Å². The van der Waals surface area contributed by atoms with Crippen molar-refractivity contribution in [1.29, 1.82) is 0 Å². The van der Waals surface area contributed by atoms with Crippen LogP contribution in [0.4, 0.5) is 4.39 Å². The fourth-order valence-electron chi connectivity index (χ4n) is 7.68. The second kappa shape index (κ2) is 10.5. The maximum Gasteiger partial charge on any atom is 0.321 e. The van der Waals surface area contributed by atoms with E-state index in [1.807, 2.05) is 27.0 Å². The van der Waals surface area contributed by atoms with Gasteiger partial charge in [0, 0.05) is 23.6 Å². The number of aliphatic carboxylic acids is 1. The number of benzene rings is 1. The number of halogens is 1. The van der Waals surface area contributed by atoms with Crippen molar-refractivity contribution in [3.05, 3.63) is 52.7 Å². The summed E-state index contributed by atoms with van der Waals surface area (Å²) in [5, 5.41) is 14.3. The van der Waals surface area contributed by atoms with E-state index in [0.29, 0.717) is 5.92 Å². The number of rotatable bonds is 8. The van der Waals surface area contributed by atoms with Gasteiger partial charge in [-0.05, 0) is 101 Å². The Balaban J connectivity index is 1.30. The van der Waals surface area contributed by atoms with E-state index in [0.717, 1.165) is 75.2 Å². The van der Waals surface area contributed by atoms with Gasteiger partial charge in [0.25, 0.3) is 0 Å². The number of aryl methyl sites for hydroxylation is 1. The molecule has 0 bridgehead atoms. The minimum absolute atomic E-state index is 0.0214. The second-order valence-electron chi connectivity index (χ2n) is 12.1. The number of aromatic nitrogens is 1. The summed E-state index contributed by atoms with van der Waals surface area (Å²) < 4.78 is 20.1. The molecule has 1 spiro atoms. The van der Waals surface area contributed by atoms with Crippen LogP contribution in [0.2, 0.25) is 0 Å². The zero-order valence-corrected chi connectivity index (χ0v) is 22.8. The molecule has 6 nitrogen and oxygen atoms in total. The number of piperidine rings is 1. The predicted octanol–water partition coefficient (Wildman–Crippen LogP) is 5.26. The minimum Gasteiger partial charge on any atom is -0.480 e. The molecule has 3 aliphatic rings. The number of likely N-dealkylation sites (tertiary alicyclic amines) is 1. The van der Waals surface area contributed by atoms with Gasteiger partial charge in [-0.3, -0.25) is 9.69 Å². The molecule has 37 heavy (non-hydrogen) atoms. The van der Waals surface area contributed by atoms with Gasteiger partial charge in [0.2, 0.25) is 0 Å². The zero-order chi connectivity index (χ0) is 26.3. The molecule has 0 radical (unpaired) electrons. The molecule has 1 saturated heterocycles. The first-order valence-corrected chi connectivity index (χ1v) is 14.1. The van der Waals surface area contributed by atoms with E-state index in [9.17, 15) is 14.3 Å². The summed E-state index contributed by atoms with van der Waals surface area (Å²) in [5.41, 5.74) is 3.68. The molecule has 7 heteroatoms. The number of nitrogens with zero attached hydrogens (tertiary/aromatic N) is 3. The fraction of sp³-hybridized carbons (Fsp3) is 0.667. The normalized spacial score (nSPS) is 26.3. The van der Waals surface area contributed by atoms with Crippen LogP contribution in [0.5, 0.6) is 0 Å². The summed E-state index contributed by atoms with van der Waals surface area (Å²) in [4.78, 5) is 16.7. The molecular formula is C30H42FN3O3. The van der Waals surface area contributed by atoms with Gasteiger partial charge >= 0.3 is 5.97 Å². The lowest BCUT2D eigenvalue weighted by Crippen LogP contribution is -2.47. The van der Waals surface area contributed by atoms with E-state index in [1.165, 1.54) is 18.1 Å². The molecule has 2 aliphatic carbocycles. The van der Waals surface area contributed by atoms with Gasteiger partial charge in [-0.2, -0.15) is 0 Å². The minimum atomic E-state index is -0.765. The summed E-state index contributed by atoms with van der Waals surface area (Å²) >= 11 is 0. The highest BCUT2D eigenvalue weighted by Gasteiger charge is 2.47. The molecule has 1 N–H and O–H groups in total. The molecule has 202 valence electrons. The summed E-state index contributed by atoms with van der Waals surface area (Å²) in [7, 11) is 1.96. The number of carbonyl (C=O) groups is 1. The van der Waals surface area contributed by atoms with Crippen LogP contribution in [-0.2, 0) is 23.1 Å². The molecule has 4 atom stereocenters. The Morgan fingerprint density at radius 1 is 1.27 bits per heavy atom. The molecule has 2 aromatic rings. The van der Waals surface area contributed by atoms with E-state index in [1.54, 1.807) is 12.1 Å². The topological polar surface area (TPSA) is 69.8 Å². The smallest absolute Gasteiger partial charge is 0.321 e. The Labute approximate surface area is 220 Å². The number of carboxylic acids is 1. The van der Waals surface area contributed by atoms with E-state index in [2.05, 4.69) is 21.9 Å². The first-order chi connectivity index (χ1) is 17.7. The quantitative estimate of drug-likeness (QED) is 0.521. The van der Waals surface area contributed by atoms with Crippen molar-refractivity contribution in [2.24, 2.45) is 11.8 Å². The van der Waals surface area contributed by atoms with Crippen molar-refractivity contribution in [1.82, 2.24) is 15.0 Å². The standard InChI is InChI=1S/C30H42FN3O3/c1-5-26-24-9-10-30(28(24)37-32-26)11-13-34(14-12-30)18-21-16-23(33(4)27(19(2)3)29(35)36)17-25(21)20-7-6-8-22(31)15-20/h6-8,15,19,21,23,25,27H,5,9-14,16-18H2,1-4H3,(H,35,36)/t21-,23+,25-,27-/m1/s1. The molecule has 1 aromatic heterocycles. The highest BCUT2D eigenvalue weighted by atomic mass is 19.1. The Morgan fingerprint density at radius 3 is 2.68 bits per heavy atom. The summed E-state index contributed by atoms with van der Waals surface area (Å²) in [6.07, 6.45) is 7.15. The zero-order valence-electron chi connectivity index (χ0n) is 22.8. The van der Waals surface area contributed by atoms with Crippen LogP contribution in [-0.4, -0.2) is 64.8 Å². The van der Waals surface area contributed by atoms with Crippen LogP contribution in [0, 0.1) is 17.7 Å². The van der Waals surface area contributed by atoms with Gasteiger partial charge in [-0.1, -0.05) is 38.1 Å². The number of hydrogen-bond acceptors (Lipinski definition) is 5. The molecule has 1 aromatic carbocycles. The summed E-state index contributed by atoms with van der Waals surface area (Å²) in [6, 6.07) is 6.68. The maximum absolute atomic E-state index is 14.2. The molecule has 1 aliphatic heterocycles. The number of carboxylic acid groups (broad SMARTS) is 1. The third kappa shape index (κ3) is 4.97. The van der Waals surface area contributed by atoms with E-state index in [4.69, 9.17) is 4.52 Å². The molecule has 2 fully saturated rings. The Kier molecular flexibility index (Phi) is 7.47. The Morgan fingerprint density at radius 2 is 2.03 bits per heavy atom. The van der Waals surface area contributed by atoms with Crippen LogP contribution in [0.15, 0.2) is 28.8 Å². The number of likely N-dealkylation sites (N-methyl/N-ethyl adjacent to an activating group) is 1. The van der Waals surface area contributed by atoms with Crippen molar-refractivity contribution in [3.63, 3.8) is 0 Å². The average Bonchev–Trinajstić information content (AvgIpc) is 3.56. The highest BCUT2D eigenvalue weighted by molar-refractivity contribution is 5.73. The summed E-state index contributed by atoms with van der Waals surface area (Å²) in [6.45, 7) is 9.11. The van der Waals surface area contributed by atoms with Gasteiger partial charge in [-0.25, -0.2) is 4.39 Å². The lowest BCUT2D eigenvalue weighted by Gasteiger charge is -2.40. The predicted molar refractivity (Wildman–Crippen MR) is 141 cm³/mol. The van der Waals surface area contributed by atoms with Gasteiger partial charge in [-0.15, -0.1) is 0 Å². The van der Waals surface area contributed by atoms with Gasteiger partial charge < -0.3 is 14.5 Å². The molecule has 2 heterocycles. The Hall–Kier alpha value is -2.25. The van der Waals surface area contributed by atoms with Gasteiger partial charge in [0.1, 0.15) is 17.6 Å². The van der Waals surface area contributed by atoms with E-state index in [-0.39, 0.29) is 29.1 Å². The lowest BCUT2D eigenvalue weighted by molar-refractivity contribution is -0.145. The highest BCUT2D eigenvalue weighted by Crippen LogP contribution is 2.48. The summed E-state index contributed by atoms with van der Waals surface area (Å²) in [5.74, 6) is 0.792. The van der Waals surface area contributed by atoms with Crippen LogP contribution < -0.4 is 0 Å². The SMILES string of the molecule is CCc1noc2c1CCC21CCN(C[C@H]2C[C@H](N(C)[C@@H](C(=O)O)C(C)C)C[C@@H]2c2cccc(F)c2)CC1.